The maximum Gasteiger partial charge on any atom is 0.300 e. The lowest BCUT2D eigenvalue weighted by molar-refractivity contribution is -0.132. The summed E-state index contributed by atoms with van der Waals surface area (Å²) in [5.74, 6) is -0.265. The number of fused-ring (bicyclic) bond motifs is 1. The lowest BCUT2D eigenvalue weighted by Crippen LogP contribution is -2.29. The van der Waals surface area contributed by atoms with Gasteiger partial charge in [0.2, 0.25) is 0 Å². The standard InChI is InChI=1S/C31H27NO6/c1-4-38-26-17-20(15-16-25(26)37-3)28-27(29(33)24-14-7-10-19-9-5-6-13-23(19)24)30(34)31(35)32(28)21-11-8-12-22(18-21)36-2/h5-18,28,33H,4H2,1-3H3/b29-27+. The Hall–Kier alpha value is -4.78. The van der Waals surface area contributed by atoms with E-state index >= 15 is 0 Å². The fourth-order valence-corrected chi connectivity index (χ4v) is 4.88. The van der Waals surface area contributed by atoms with Crippen LogP contribution in [0.15, 0.2) is 90.5 Å². The molecule has 0 bridgehead atoms. The van der Waals surface area contributed by atoms with E-state index in [4.69, 9.17) is 14.2 Å². The molecule has 5 rings (SSSR count). The Balaban J connectivity index is 1.78. The Kier molecular flexibility index (Phi) is 6.75. The van der Waals surface area contributed by atoms with Crippen LogP contribution in [0.5, 0.6) is 17.2 Å². The van der Waals surface area contributed by atoms with Crippen molar-refractivity contribution in [3.05, 3.63) is 102 Å². The van der Waals surface area contributed by atoms with Crippen LogP contribution in [0, 0.1) is 0 Å². The maximum atomic E-state index is 13.6. The summed E-state index contributed by atoms with van der Waals surface area (Å²) in [6.07, 6.45) is 0. The zero-order valence-electron chi connectivity index (χ0n) is 21.3. The van der Waals surface area contributed by atoms with Gasteiger partial charge in [0.05, 0.1) is 32.4 Å². The van der Waals surface area contributed by atoms with Crippen LogP contribution in [0.4, 0.5) is 5.69 Å². The third kappa shape index (κ3) is 4.22. The van der Waals surface area contributed by atoms with Crippen LogP contribution in [-0.2, 0) is 9.59 Å². The molecule has 1 fully saturated rings. The molecule has 0 aromatic heterocycles. The van der Waals surface area contributed by atoms with Gasteiger partial charge in [-0.05, 0) is 47.5 Å². The molecule has 1 heterocycles. The van der Waals surface area contributed by atoms with E-state index in [2.05, 4.69) is 0 Å². The van der Waals surface area contributed by atoms with Gasteiger partial charge in [-0.15, -0.1) is 0 Å². The number of rotatable bonds is 7. The quantitative estimate of drug-likeness (QED) is 0.190. The molecule has 0 radical (unpaired) electrons. The van der Waals surface area contributed by atoms with E-state index in [0.29, 0.717) is 40.7 Å². The second-order valence-electron chi connectivity index (χ2n) is 8.74. The lowest BCUT2D eigenvalue weighted by Gasteiger charge is -2.26. The molecule has 192 valence electrons. The molecule has 1 atom stereocenters. The molecule has 0 saturated carbocycles. The van der Waals surface area contributed by atoms with E-state index in [1.54, 1.807) is 55.6 Å². The van der Waals surface area contributed by atoms with Gasteiger partial charge in [-0.25, -0.2) is 0 Å². The molecule has 0 aliphatic carbocycles. The highest BCUT2D eigenvalue weighted by Gasteiger charge is 2.47. The van der Waals surface area contributed by atoms with E-state index < -0.39 is 17.7 Å². The average molecular weight is 510 g/mol. The molecule has 1 aliphatic rings. The number of carbonyl (C=O) groups is 2. The normalized spacial score (nSPS) is 16.6. The number of hydrogen-bond donors (Lipinski definition) is 1. The minimum atomic E-state index is -0.925. The van der Waals surface area contributed by atoms with Crippen molar-refractivity contribution in [1.82, 2.24) is 0 Å². The van der Waals surface area contributed by atoms with Crippen molar-refractivity contribution in [2.24, 2.45) is 0 Å². The molecule has 1 unspecified atom stereocenters. The van der Waals surface area contributed by atoms with Gasteiger partial charge in [0.1, 0.15) is 11.5 Å². The molecule has 1 amide bonds. The smallest absolute Gasteiger partial charge is 0.300 e. The van der Waals surface area contributed by atoms with Gasteiger partial charge < -0.3 is 19.3 Å². The zero-order valence-corrected chi connectivity index (χ0v) is 21.3. The summed E-state index contributed by atoms with van der Waals surface area (Å²) >= 11 is 0. The first kappa shape index (κ1) is 24.9. The second kappa shape index (κ2) is 10.3. The number of hydrogen-bond acceptors (Lipinski definition) is 6. The average Bonchev–Trinajstić information content (AvgIpc) is 3.22. The Bertz CT molecular complexity index is 1570. The number of methoxy groups -OCH3 is 2. The maximum absolute atomic E-state index is 13.6. The SMILES string of the molecule is CCOc1cc(C2/C(=C(\O)c3cccc4ccccc34)C(=O)C(=O)N2c2cccc(OC)c2)ccc1OC. The van der Waals surface area contributed by atoms with Crippen LogP contribution in [-0.4, -0.2) is 37.6 Å². The van der Waals surface area contributed by atoms with Gasteiger partial charge in [-0.3, -0.25) is 14.5 Å². The molecule has 0 spiro atoms. The number of aliphatic hydroxyl groups is 1. The first-order valence-corrected chi connectivity index (χ1v) is 12.2. The predicted molar refractivity (Wildman–Crippen MR) is 146 cm³/mol. The summed E-state index contributed by atoms with van der Waals surface area (Å²) in [6, 6.07) is 24.3. The Morgan fingerprint density at radius 3 is 2.39 bits per heavy atom. The number of anilines is 1. The minimum absolute atomic E-state index is 0.0122. The summed E-state index contributed by atoms with van der Waals surface area (Å²) < 4.78 is 16.6. The van der Waals surface area contributed by atoms with Gasteiger partial charge >= 0.3 is 0 Å². The van der Waals surface area contributed by atoms with E-state index in [1.807, 2.05) is 43.3 Å². The van der Waals surface area contributed by atoms with Gasteiger partial charge in [0.25, 0.3) is 11.7 Å². The molecule has 38 heavy (non-hydrogen) atoms. The summed E-state index contributed by atoms with van der Waals surface area (Å²) in [5.41, 5.74) is 1.50. The summed E-state index contributed by atoms with van der Waals surface area (Å²) in [5, 5.41) is 13.3. The first-order chi connectivity index (χ1) is 18.5. The topological polar surface area (TPSA) is 85.3 Å². The molecular formula is C31H27NO6. The Morgan fingerprint density at radius 1 is 0.868 bits per heavy atom. The molecular weight excluding hydrogens is 482 g/mol. The molecule has 4 aromatic rings. The molecule has 7 nitrogen and oxygen atoms in total. The Morgan fingerprint density at radius 2 is 1.63 bits per heavy atom. The second-order valence-corrected chi connectivity index (χ2v) is 8.74. The number of amides is 1. The number of ether oxygens (including phenoxy) is 3. The number of benzene rings is 4. The van der Waals surface area contributed by atoms with E-state index in [0.717, 1.165) is 10.8 Å². The van der Waals surface area contributed by atoms with Crippen LogP contribution in [0.2, 0.25) is 0 Å². The van der Waals surface area contributed by atoms with Crippen LogP contribution in [0.1, 0.15) is 24.1 Å². The van der Waals surface area contributed by atoms with Gasteiger partial charge in [0, 0.05) is 17.3 Å². The van der Waals surface area contributed by atoms with Crippen molar-refractivity contribution < 1.29 is 28.9 Å². The van der Waals surface area contributed by atoms with Crippen LogP contribution >= 0.6 is 0 Å². The summed E-state index contributed by atoms with van der Waals surface area (Å²) in [4.78, 5) is 28.6. The molecule has 7 heteroatoms. The van der Waals surface area contributed by atoms with Gasteiger partial charge in [0.15, 0.2) is 11.5 Å². The van der Waals surface area contributed by atoms with E-state index in [1.165, 1.54) is 12.0 Å². The van der Waals surface area contributed by atoms with E-state index in [9.17, 15) is 14.7 Å². The molecule has 1 saturated heterocycles. The van der Waals surface area contributed by atoms with Crippen molar-refractivity contribution in [3.63, 3.8) is 0 Å². The third-order valence-electron chi connectivity index (χ3n) is 6.62. The van der Waals surface area contributed by atoms with Crippen molar-refractivity contribution in [3.8, 4) is 17.2 Å². The van der Waals surface area contributed by atoms with Crippen LogP contribution < -0.4 is 19.1 Å². The number of Topliss-reactive ketones (excluding diaryl/α,β-unsaturated/α-hetero) is 1. The van der Waals surface area contributed by atoms with Crippen LogP contribution in [0.25, 0.3) is 16.5 Å². The van der Waals surface area contributed by atoms with E-state index in [-0.39, 0.29) is 11.3 Å². The van der Waals surface area contributed by atoms with Crippen molar-refractivity contribution >= 4 is 33.9 Å². The van der Waals surface area contributed by atoms with Crippen LogP contribution in [0.3, 0.4) is 0 Å². The monoisotopic (exact) mass is 509 g/mol. The zero-order chi connectivity index (χ0) is 26.8. The minimum Gasteiger partial charge on any atom is -0.507 e. The molecule has 4 aromatic carbocycles. The highest BCUT2D eigenvalue weighted by molar-refractivity contribution is 6.51. The summed E-state index contributed by atoms with van der Waals surface area (Å²) in [7, 11) is 3.07. The van der Waals surface area contributed by atoms with Crippen molar-refractivity contribution in [2.45, 2.75) is 13.0 Å². The number of ketones is 1. The largest absolute Gasteiger partial charge is 0.507 e. The van der Waals surface area contributed by atoms with Gasteiger partial charge in [-0.2, -0.15) is 0 Å². The third-order valence-corrected chi connectivity index (χ3v) is 6.62. The number of carbonyl (C=O) groups excluding carboxylic acids is 2. The highest BCUT2D eigenvalue weighted by atomic mass is 16.5. The number of aliphatic hydroxyl groups excluding tert-OH is 1. The fourth-order valence-electron chi connectivity index (χ4n) is 4.88. The molecule has 1 N–H and O–H groups in total. The van der Waals surface area contributed by atoms with Crippen molar-refractivity contribution in [2.75, 3.05) is 25.7 Å². The van der Waals surface area contributed by atoms with Gasteiger partial charge in [-0.1, -0.05) is 54.6 Å². The lowest BCUT2D eigenvalue weighted by atomic mass is 9.93. The first-order valence-electron chi connectivity index (χ1n) is 12.2. The summed E-state index contributed by atoms with van der Waals surface area (Å²) in [6.45, 7) is 2.25. The highest BCUT2D eigenvalue weighted by Crippen LogP contribution is 2.45. The molecule has 1 aliphatic heterocycles. The fraction of sp³-hybridized carbons (Fsp3) is 0.161. The Labute approximate surface area is 220 Å². The predicted octanol–water partition coefficient (Wildman–Crippen LogP) is 5.88. The van der Waals surface area contributed by atoms with Crippen molar-refractivity contribution in [1.29, 1.82) is 0 Å². The number of nitrogens with zero attached hydrogens (tertiary/aromatic N) is 1.